The fourth-order valence-corrected chi connectivity index (χ4v) is 1.42. The zero-order valence-corrected chi connectivity index (χ0v) is 11.1. The van der Waals surface area contributed by atoms with E-state index in [0.717, 1.165) is 18.2 Å². The Morgan fingerprint density at radius 2 is 1.76 bits per heavy atom. The molecule has 1 aromatic carbocycles. The first-order chi connectivity index (χ1) is 10.0. The first-order valence-electron chi connectivity index (χ1n) is 5.62. The van der Waals surface area contributed by atoms with Crippen molar-refractivity contribution >= 4 is 5.69 Å². The fraction of sp³-hybridized carbons (Fsp3) is 0.167. The number of ether oxygens (including phenoxy) is 3. The van der Waals surface area contributed by atoms with Gasteiger partial charge in [-0.05, 0) is 6.07 Å². The average Bonchev–Trinajstić information content (AvgIpc) is 2.48. The molecule has 21 heavy (non-hydrogen) atoms. The van der Waals surface area contributed by atoms with Gasteiger partial charge in [-0.2, -0.15) is 9.97 Å². The Kier molecular flexibility index (Phi) is 4.12. The second kappa shape index (κ2) is 5.99. The first kappa shape index (κ1) is 14.4. The lowest BCUT2D eigenvalue weighted by Crippen LogP contribution is -1.99. The predicted molar refractivity (Wildman–Crippen MR) is 68.3 cm³/mol. The van der Waals surface area contributed by atoms with Crippen LogP contribution in [0.5, 0.6) is 23.5 Å². The molecule has 0 saturated carbocycles. The molecule has 110 valence electrons. The molecule has 2 aromatic rings. The minimum absolute atomic E-state index is 0.141. The van der Waals surface area contributed by atoms with Crippen LogP contribution < -0.4 is 14.2 Å². The van der Waals surface area contributed by atoms with Crippen molar-refractivity contribution in [1.82, 2.24) is 9.97 Å². The summed E-state index contributed by atoms with van der Waals surface area (Å²) in [6, 6.07) is 4.02. The summed E-state index contributed by atoms with van der Waals surface area (Å²) in [7, 11) is 2.75. The number of halogens is 1. The maximum absolute atomic E-state index is 13.6. The molecule has 0 radical (unpaired) electrons. The van der Waals surface area contributed by atoms with Crippen molar-refractivity contribution in [1.29, 1.82) is 0 Å². The summed E-state index contributed by atoms with van der Waals surface area (Å²) >= 11 is 0. The van der Waals surface area contributed by atoms with E-state index in [1.54, 1.807) is 0 Å². The third kappa shape index (κ3) is 3.32. The summed E-state index contributed by atoms with van der Waals surface area (Å²) < 4.78 is 28.6. The van der Waals surface area contributed by atoms with Crippen LogP contribution in [-0.4, -0.2) is 29.1 Å². The summed E-state index contributed by atoms with van der Waals surface area (Å²) in [4.78, 5) is 17.7. The number of hydrogen-bond acceptors (Lipinski definition) is 7. The highest BCUT2D eigenvalue weighted by molar-refractivity contribution is 5.40. The third-order valence-electron chi connectivity index (χ3n) is 2.40. The quantitative estimate of drug-likeness (QED) is 0.616. The van der Waals surface area contributed by atoms with Gasteiger partial charge in [0.1, 0.15) is 0 Å². The molecule has 0 amide bonds. The second-order valence-electron chi connectivity index (χ2n) is 3.71. The monoisotopic (exact) mass is 295 g/mol. The van der Waals surface area contributed by atoms with E-state index in [0.29, 0.717) is 0 Å². The molecule has 9 heteroatoms. The van der Waals surface area contributed by atoms with Gasteiger partial charge in [-0.1, -0.05) is 0 Å². The van der Waals surface area contributed by atoms with Gasteiger partial charge in [0, 0.05) is 6.07 Å². The molecule has 0 aliphatic carbocycles. The average molecular weight is 295 g/mol. The lowest BCUT2D eigenvalue weighted by Gasteiger charge is -2.08. The number of rotatable bonds is 5. The summed E-state index contributed by atoms with van der Waals surface area (Å²) in [5.41, 5.74) is -0.318. The van der Waals surface area contributed by atoms with Gasteiger partial charge in [-0.15, -0.1) is 0 Å². The van der Waals surface area contributed by atoms with E-state index >= 15 is 0 Å². The van der Waals surface area contributed by atoms with E-state index in [4.69, 9.17) is 14.2 Å². The smallest absolute Gasteiger partial charge is 0.328 e. The van der Waals surface area contributed by atoms with Crippen LogP contribution in [0.3, 0.4) is 0 Å². The second-order valence-corrected chi connectivity index (χ2v) is 3.71. The van der Waals surface area contributed by atoms with Crippen LogP contribution in [0.2, 0.25) is 0 Å². The largest absolute Gasteiger partial charge is 0.481 e. The third-order valence-corrected chi connectivity index (χ3v) is 2.40. The number of nitrogens with zero attached hydrogens (tertiary/aromatic N) is 3. The molecular formula is C12H10FN3O5. The Morgan fingerprint density at radius 1 is 1.14 bits per heavy atom. The number of non-ortho nitro benzene ring substituents is 1. The highest BCUT2D eigenvalue weighted by Crippen LogP contribution is 2.28. The van der Waals surface area contributed by atoms with E-state index < -0.39 is 10.7 Å². The van der Waals surface area contributed by atoms with Gasteiger partial charge in [0.2, 0.25) is 11.8 Å². The van der Waals surface area contributed by atoms with E-state index in [2.05, 4.69) is 9.97 Å². The summed E-state index contributed by atoms with van der Waals surface area (Å²) in [6.45, 7) is 0. The lowest BCUT2D eigenvalue weighted by molar-refractivity contribution is -0.385. The Balaban J connectivity index is 2.37. The molecule has 0 saturated heterocycles. The number of aromatic nitrogens is 2. The van der Waals surface area contributed by atoms with Gasteiger partial charge in [0.05, 0.1) is 31.3 Å². The molecule has 1 aromatic heterocycles. The number of hydrogen-bond donors (Lipinski definition) is 0. The summed E-state index contributed by atoms with van der Waals surface area (Å²) in [6.07, 6.45) is 0. The van der Waals surface area contributed by atoms with Crippen LogP contribution in [0.25, 0.3) is 0 Å². The number of methoxy groups -OCH3 is 2. The van der Waals surface area contributed by atoms with Crippen molar-refractivity contribution in [3.05, 3.63) is 40.2 Å². The Bertz CT molecular complexity index is 658. The molecule has 1 heterocycles. The molecule has 0 unspecified atom stereocenters. The van der Waals surface area contributed by atoms with E-state index in [1.807, 2.05) is 0 Å². The van der Waals surface area contributed by atoms with Crippen molar-refractivity contribution in [2.75, 3.05) is 14.2 Å². The van der Waals surface area contributed by atoms with Crippen molar-refractivity contribution < 1.29 is 23.5 Å². The van der Waals surface area contributed by atoms with Gasteiger partial charge in [-0.25, -0.2) is 4.39 Å². The minimum atomic E-state index is -0.786. The topological polar surface area (TPSA) is 96.6 Å². The Hall–Kier alpha value is -2.97. The summed E-state index contributed by atoms with van der Waals surface area (Å²) in [5, 5.41) is 10.7. The van der Waals surface area contributed by atoms with Gasteiger partial charge in [-0.3, -0.25) is 10.1 Å². The molecule has 0 aliphatic rings. The number of benzene rings is 1. The van der Waals surface area contributed by atoms with Crippen molar-refractivity contribution in [2.24, 2.45) is 0 Å². The van der Waals surface area contributed by atoms with E-state index in [9.17, 15) is 14.5 Å². The van der Waals surface area contributed by atoms with Crippen molar-refractivity contribution in [3.63, 3.8) is 0 Å². The maximum atomic E-state index is 13.6. The predicted octanol–water partition coefficient (Wildman–Crippen LogP) is 2.33. The minimum Gasteiger partial charge on any atom is -0.481 e. The van der Waals surface area contributed by atoms with Crippen LogP contribution in [0.15, 0.2) is 24.3 Å². The standard InChI is InChI=1S/C12H10FN3O5/c1-19-10-6-11(20-2)15-12(14-10)21-9-5-7(16(17)18)3-4-8(9)13/h3-6H,1-2H3. The molecule has 0 bridgehead atoms. The zero-order chi connectivity index (χ0) is 15.4. The molecule has 0 aliphatic heterocycles. The van der Waals surface area contributed by atoms with Gasteiger partial charge in [0.25, 0.3) is 5.69 Å². The number of nitro groups is 1. The van der Waals surface area contributed by atoms with Crippen molar-refractivity contribution in [3.8, 4) is 23.5 Å². The molecule has 2 rings (SSSR count). The van der Waals surface area contributed by atoms with Gasteiger partial charge < -0.3 is 14.2 Å². The van der Waals surface area contributed by atoms with Crippen LogP contribution in [-0.2, 0) is 0 Å². The normalized spacial score (nSPS) is 10.0. The Morgan fingerprint density at radius 3 is 2.29 bits per heavy atom. The summed E-state index contributed by atoms with van der Waals surface area (Å²) in [5.74, 6) is -0.879. The molecular weight excluding hydrogens is 285 g/mol. The fourth-order valence-electron chi connectivity index (χ4n) is 1.42. The van der Waals surface area contributed by atoms with E-state index in [-0.39, 0.29) is 29.2 Å². The zero-order valence-electron chi connectivity index (χ0n) is 11.1. The van der Waals surface area contributed by atoms with Crippen LogP contribution in [0, 0.1) is 15.9 Å². The SMILES string of the molecule is COc1cc(OC)nc(Oc2cc([N+](=O)[O-])ccc2F)n1. The molecule has 0 fully saturated rings. The van der Waals surface area contributed by atoms with Crippen LogP contribution in [0.1, 0.15) is 0 Å². The van der Waals surface area contributed by atoms with E-state index in [1.165, 1.54) is 20.3 Å². The molecule has 8 nitrogen and oxygen atoms in total. The molecule has 0 atom stereocenters. The Labute approximate surface area is 118 Å². The number of nitro benzene ring substituents is 1. The highest BCUT2D eigenvalue weighted by Gasteiger charge is 2.15. The van der Waals surface area contributed by atoms with Gasteiger partial charge in [0.15, 0.2) is 11.6 Å². The molecule has 0 N–H and O–H groups in total. The van der Waals surface area contributed by atoms with Crippen LogP contribution >= 0.6 is 0 Å². The van der Waals surface area contributed by atoms with Crippen LogP contribution in [0.4, 0.5) is 10.1 Å². The van der Waals surface area contributed by atoms with Gasteiger partial charge >= 0.3 is 6.01 Å². The van der Waals surface area contributed by atoms with Crippen molar-refractivity contribution in [2.45, 2.75) is 0 Å². The first-order valence-corrected chi connectivity index (χ1v) is 5.62. The lowest BCUT2D eigenvalue weighted by atomic mass is 10.3. The molecule has 0 spiro atoms. The maximum Gasteiger partial charge on any atom is 0.328 e. The highest BCUT2D eigenvalue weighted by atomic mass is 19.1.